The Bertz CT molecular complexity index is 1460. The molecule has 3 aromatic rings. The van der Waals surface area contributed by atoms with E-state index >= 15 is 0 Å². The Hall–Kier alpha value is -4.22. The number of thioether (sulfide) groups is 1. The third-order valence-electron chi connectivity index (χ3n) is 5.22. The van der Waals surface area contributed by atoms with Crippen LogP contribution < -0.4 is 14.8 Å². The molecule has 1 saturated heterocycles. The van der Waals surface area contributed by atoms with Gasteiger partial charge in [-0.15, -0.1) is 0 Å². The van der Waals surface area contributed by atoms with Crippen LogP contribution in [0, 0.1) is 0 Å². The molecule has 1 aromatic heterocycles. The molecule has 0 aliphatic carbocycles. The zero-order chi connectivity index (χ0) is 25.4. The van der Waals surface area contributed by atoms with Crippen LogP contribution >= 0.6 is 23.4 Å². The highest BCUT2D eigenvalue weighted by Gasteiger charge is 2.36. The molecule has 5 rings (SSSR count). The molecule has 3 amide bonds. The van der Waals surface area contributed by atoms with Crippen molar-refractivity contribution in [2.24, 2.45) is 0 Å². The van der Waals surface area contributed by atoms with E-state index in [0.29, 0.717) is 46.0 Å². The van der Waals surface area contributed by atoms with Crippen molar-refractivity contribution >= 4 is 58.1 Å². The SMILES string of the molecule is O=C(CN1C(=O)S/C(=C\c2ccc(-c3ccc(C(=O)O)c(Cl)c3)o2)C1=O)Nc1ccc2c(c1)OCO2. The van der Waals surface area contributed by atoms with Crippen molar-refractivity contribution in [1.82, 2.24) is 4.90 Å². The Morgan fingerprint density at radius 1 is 1.08 bits per heavy atom. The van der Waals surface area contributed by atoms with Crippen molar-refractivity contribution in [3.8, 4) is 22.8 Å². The first-order valence-electron chi connectivity index (χ1n) is 10.4. The van der Waals surface area contributed by atoms with Gasteiger partial charge in [0.15, 0.2) is 11.5 Å². The van der Waals surface area contributed by atoms with Crippen molar-refractivity contribution in [3.05, 3.63) is 69.8 Å². The minimum Gasteiger partial charge on any atom is -0.478 e. The lowest BCUT2D eigenvalue weighted by Gasteiger charge is -2.12. The molecular weight excluding hydrogens is 512 g/mol. The van der Waals surface area contributed by atoms with Crippen LogP contribution in [0.3, 0.4) is 0 Å². The van der Waals surface area contributed by atoms with Gasteiger partial charge in [-0.3, -0.25) is 19.3 Å². The van der Waals surface area contributed by atoms with E-state index in [0.717, 1.165) is 4.90 Å². The molecule has 2 aliphatic rings. The van der Waals surface area contributed by atoms with Crippen LogP contribution in [0.25, 0.3) is 17.4 Å². The quantitative estimate of drug-likeness (QED) is 0.438. The summed E-state index contributed by atoms with van der Waals surface area (Å²) in [7, 11) is 0. The maximum Gasteiger partial charge on any atom is 0.337 e. The minimum absolute atomic E-state index is 0.0385. The van der Waals surface area contributed by atoms with E-state index in [1.54, 1.807) is 36.4 Å². The Labute approximate surface area is 212 Å². The number of benzene rings is 2. The third kappa shape index (κ3) is 4.66. The first kappa shape index (κ1) is 23.5. The fraction of sp³-hybridized carbons (Fsp3) is 0.0833. The standard InChI is InChI=1S/C24H15ClN2O8S/c25-16-7-12(1-4-15(16)23(30)31)17-6-3-14(35-17)9-20-22(29)27(24(32)36-20)10-21(28)26-13-2-5-18-19(8-13)34-11-33-18/h1-9H,10-11H2,(H,26,28)(H,30,31)/b20-9-. The highest BCUT2D eigenvalue weighted by Crippen LogP contribution is 2.35. The molecule has 0 saturated carbocycles. The monoisotopic (exact) mass is 526 g/mol. The maximum absolute atomic E-state index is 12.8. The number of hydrogen-bond acceptors (Lipinski definition) is 8. The van der Waals surface area contributed by atoms with Gasteiger partial charge in [-0.25, -0.2) is 4.79 Å². The first-order chi connectivity index (χ1) is 17.3. The second-order valence-corrected chi connectivity index (χ2v) is 8.99. The van der Waals surface area contributed by atoms with E-state index in [-0.39, 0.29) is 22.3 Å². The largest absolute Gasteiger partial charge is 0.478 e. The second-order valence-electron chi connectivity index (χ2n) is 7.59. The fourth-order valence-electron chi connectivity index (χ4n) is 3.51. The Morgan fingerprint density at radius 3 is 2.67 bits per heavy atom. The number of carboxylic acid groups (broad SMARTS) is 1. The highest BCUT2D eigenvalue weighted by atomic mass is 35.5. The van der Waals surface area contributed by atoms with Gasteiger partial charge in [0.2, 0.25) is 12.7 Å². The van der Waals surface area contributed by atoms with Crippen molar-refractivity contribution in [3.63, 3.8) is 0 Å². The van der Waals surface area contributed by atoms with Crippen molar-refractivity contribution < 1.29 is 38.2 Å². The summed E-state index contributed by atoms with van der Waals surface area (Å²) in [6.07, 6.45) is 1.40. The van der Waals surface area contributed by atoms with Crippen LogP contribution in [-0.4, -0.2) is 46.4 Å². The molecule has 0 spiro atoms. The number of furan rings is 1. The summed E-state index contributed by atoms with van der Waals surface area (Å²) in [5.41, 5.74) is 0.938. The normalized spacial score (nSPS) is 15.6. The number of aromatic carboxylic acids is 1. The molecular formula is C24H15ClN2O8S. The number of halogens is 1. The molecule has 2 aromatic carbocycles. The Balaban J connectivity index is 1.26. The number of carbonyl (C=O) groups is 4. The third-order valence-corrected chi connectivity index (χ3v) is 6.44. The summed E-state index contributed by atoms with van der Waals surface area (Å²) in [6, 6.07) is 12.4. The summed E-state index contributed by atoms with van der Waals surface area (Å²) in [6.45, 7) is -0.369. The Kier molecular flexibility index (Phi) is 6.17. The topological polar surface area (TPSA) is 135 Å². The lowest BCUT2D eigenvalue weighted by Crippen LogP contribution is -2.36. The fourth-order valence-corrected chi connectivity index (χ4v) is 4.59. The zero-order valence-corrected chi connectivity index (χ0v) is 19.7. The van der Waals surface area contributed by atoms with Gasteiger partial charge >= 0.3 is 5.97 Å². The van der Waals surface area contributed by atoms with Crippen molar-refractivity contribution in [1.29, 1.82) is 0 Å². The van der Waals surface area contributed by atoms with Gasteiger partial charge < -0.3 is 24.3 Å². The number of nitrogens with one attached hydrogen (secondary N) is 1. The summed E-state index contributed by atoms with van der Waals surface area (Å²) < 4.78 is 16.2. The maximum atomic E-state index is 12.8. The minimum atomic E-state index is -1.15. The van der Waals surface area contributed by atoms with Crippen LogP contribution in [0.15, 0.2) is 57.9 Å². The number of ether oxygens (including phenoxy) is 2. The lowest BCUT2D eigenvalue weighted by atomic mass is 10.1. The average Bonchev–Trinajstić information content (AvgIpc) is 3.55. The summed E-state index contributed by atoms with van der Waals surface area (Å²) >= 11 is 6.71. The molecule has 0 bridgehead atoms. The molecule has 182 valence electrons. The van der Waals surface area contributed by atoms with Crippen LogP contribution in [0.2, 0.25) is 5.02 Å². The molecule has 2 N–H and O–H groups in total. The molecule has 0 radical (unpaired) electrons. The number of fused-ring (bicyclic) bond motifs is 1. The van der Waals surface area contributed by atoms with E-state index in [1.165, 1.54) is 18.2 Å². The van der Waals surface area contributed by atoms with Crippen molar-refractivity contribution in [2.75, 3.05) is 18.7 Å². The van der Waals surface area contributed by atoms with Crippen LogP contribution in [0.1, 0.15) is 16.1 Å². The number of rotatable bonds is 6. The van der Waals surface area contributed by atoms with Gasteiger partial charge in [0.25, 0.3) is 11.1 Å². The smallest absolute Gasteiger partial charge is 0.337 e. The average molecular weight is 527 g/mol. The van der Waals surface area contributed by atoms with E-state index in [2.05, 4.69) is 5.32 Å². The number of carboxylic acids is 1. The van der Waals surface area contributed by atoms with Gasteiger partial charge in [0, 0.05) is 23.4 Å². The zero-order valence-electron chi connectivity index (χ0n) is 18.1. The summed E-state index contributed by atoms with van der Waals surface area (Å²) in [5, 5.41) is 11.2. The molecule has 3 heterocycles. The number of amides is 3. The number of imide groups is 1. The molecule has 12 heteroatoms. The number of nitrogens with zero attached hydrogens (tertiary/aromatic N) is 1. The predicted molar refractivity (Wildman–Crippen MR) is 130 cm³/mol. The van der Waals surface area contributed by atoms with E-state index < -0.39 is 29.6 Å². The van der Waals surface area contributed by atoms with Crippen LogP contribution in [-0.2, 0) is 9.59 Å². The molecule has 1 fully saturated rings. The molecule has 36 heavy (non-hydrogen) atoms. The van der Waals surface area contributed by atoms with Crippen LogP contribution in [0.4, 0.5) is 10.5 Å². The molecule has 0 atom stereocenters. The molecule has 10 nitrogen and oxygen atoms in total. The number of hydrogen-bond donors (Lipinski definition) is 2. The molecule has 0 unspecified atom stereocenters. The summed E-state index contributed by atoms with van der Waals surface area (Å²) in [5.74, 6) is -0.601. The van der Waals surface area contributed by atoms with Gasteiger partial charge in [-0.1, -0.05) is 17.7 Å². The second kappa shape index (κ2) is 9.44. The van der Waals surface area contributed by atoms with Gasteiger partial charge in [-0.2, -0.15) is 0 Å². The van der Waals surface area contributed by atoms with Gasteiger partial charge in [-0.05, 0) is 48.2 Å². The van der Waals surface area contributed by atoms with E-state index in [9.17, 15) is 19.2 Å². The predicted octanol–water partition coefficient (Wildman–Crippen LogP) is 4.70. The number of carbonyl (C=O) groups excluding carboxylic acids is 3. The highest BCUT2D eigenvalue weighted by molar-refractivity contribution is 8.18. The number of anilines is 1. The summed E-state index contributed by atoms with van der Waals surface area (Å²) in [4.78, 5) is 49.7. The van der Waals surface area contributed by atoms with Gasteiger partial charge in [0.1, 0.15) is 18.1 Å². The van der Waals surface area contributed by atoms with E-state index in [1.807, 2.05) is 0 Å². The first-order valence-corrected chi connectivity index (χ1v) is 11.6. The van der Waals surface area contributed by atoms with Crippen LogP contribution in [0.5, 0.6) is 11.5 Å². The molecule has 2 aliphatic heterocycles. The Morgan fingerprint density at radius 2 is 1.89 bits per heavy atom. The lowest BCUT2D eigenvalue weighted by molar-refractivity contribution is -0.127. The van der Waals surface area contributed by atoms with E-state index in [4.69, 9.17) is 30.6 Å². The van der Waals surface area contributed by atoms with Crippen molar-refractivity contribution in [2.45, 2.75) is 0 Å². The van der Waals surface area contributed by atoms with Gasteiger partial charge in [0.05, 0.1) is 15.5 Å².